The molecule has 7 nitrogen and oxygen atoms in total. The van der Waals surface area contributed by atoms with Crippen LogP contribution < -0.4 is 15.4 Å². The Morgan fingerprint density at radius 2 is 1.62 bits per heavy atom. The van der Waals surface area contributed by atoms with E-state index < -0.39 is 0 Å². The van der Waals surface area contributed by atoms with Crippen molar-refractivity contribution >= 4 is 29.1 Å². The summed E-state index contributed by atoms with van der Waals surface area (Å²) in [5.74, 6) is 1.19. The van der Waals surface area contributed by atoms with Crippen molar-refractivity contribution in [3.63, 3.8) is 0 Å². The molecule has 1 fully saturated rings. The number of nitrogens with zero attached hydrogens (tertiary/aromatic N) is 2. The molecule has 1 saturated heterocycles. The number of carbonyl (C=O) groups is 2. The van der Waals surface area contributed by atoms with Crippen molar-refractivity contribution in [1.29, 1.82) is 0 Å². The fraction of sp³-hybridized carbons (Fsp3) is 0.324. The Labute approximate surface area is 271 Å². The van der Waals surface area contributed by atoms with Crippen LogP contribution in [0.5, 0.6) is 5.75 Å². The Hall–Kier alpha value is -4.20. The van der Waals surface area contributed by atoms with E-state index in [-0.39, 0.29) is 11.8 Å². The van der Waals surface area contributed by atoms with Gasteiger partial charge in [0.15, 0.2) is 0 Å². The van der Waals surface area contributed by atoms with Gasteiger partial charge in [-0.2, -0.15) is 0 Å². The highest BCUT2D eigenvalue weighted by molar-refractivity contribution is 6.30. The van der Waals surface area contributed by atoms with Crippen molar-refractivity contribution in [2.75, 3.05) is 31.5 Å². The first-order chi connectivity index (χ1) is 21.9. The Morgan fingerprint density at radius 3 is 2.33 bits per heavy atom. The Balaban J connectivity index is 0.986. The molecule has 0 spiro atoms. The lowest BCUT2D eigenvalue weighted by Gasteiger charge is -2.33. The summed E-state index contributed by atoms with van der Waals surface area (Å²) in [6.07, 6.45) is 7.90. The number of ether oxygens (including phenoxy) is 1. The smallest absolute Gasteiger partial charge is 0.255 e. The van der Waals surface area contributed by atoms with Crippen LogP contribution in [0, 0.1) is 13.8 Å². The zero-order valence-corrected chi connectivity index (χ0v) is 26.8. The van der Waals surface area contributed by atoms with Crippen molar-refractivity contribution in [1.82, 2.24) is 15.2 Å². The highest BCUT2D eigenvalue weighted by Gasteiger charge is 2.22. The van der Waals surface area contributed by atoms with Crippen molar-refractivity contribution < 1.29 is 14.3 Å². The molecular weight excluding hydrogens is 584 g/mol. The molecule has 0 bridgehead atoms. The summed E-state index contributed by atoms with van der Waals surface area (Å²) in [7, 11) is 0. The summed E-state index contributed by atoms with van der Waals surface area (Å²) in [5.41, 5.74) is 6.71. The van der Waals surface area contributed by atoms with Crippen molar-refractivity contribution in [2.24, 2.45) is 0 Å². The van der Waals surface area contributed by atoms with E-state index in [0.717, 1.165) is 56.6 Å². The number of aromatic nitrogens is 1. The van der Waals surface area contributed by atoms with E-state index in [2.05, 4.69) is 46.5 Å². The molecular formula is C37H41ClN4O3. The van der Waals surface area contributed by atoms with Gasteiger partial charge in [0.25, 0.3) is 11.8 Å². The number of aryl methyl sites for hydroxylation is 2. The van der Waals surface area contributed by atoms with E-state index in [9.17, 15) is 9.59 Å². The summed E-state index contributed by atoms with van der Waals surface area (Å²) < 4.78 is 6.11. The average Bonchev–Trinajstić information content (AvgIpc) is 3.06. The average molecular weight is 625 g/mol. The quantitative estimate of drug-likeness (QED) is 0.159. The van der Waals surface area contributed by atoms with Crippen LogP contribution in [-0.4, -0.2) is 47.9 Å². The molecule has 1 aliphatic heterocycles. The van der Waals surface area contributed by atoms with Crippen LogP contribution in [0.15, 0.2) is 85.2 Å². The molecule has 234 valence electrons. The van der Waals surface area contributed by atoms with Crippen molar-refractivity contribution in [3.8, 4) is 5.75 Å². The van der Waals surface area contributed by atoms with Gasteiger partial charge in [-0.3, -0.25) is 14.6 Å². The van der Waals surface area contributed by atoms with Gasteiger partial charge in [-0.1, -0.05) is 23.7 Å². The summed E-state index contributed by atoms with van der Waals surface area (Å²) >= 11 is 5.89. The van der Waals surface area contributed by atoms with E-state index in [0.29, 0.717) is 40.9 Å². The van der Waals surface area contributed by atoms with Crippen LogP contribution >= 0.6 is 11.6 Å². The second-order valence-electron chi connectivity index (χ2n) is 11.7. The second-order valence-corrected chi connectivity index (χ2v) is 12.2. The van der Waals surface area contributed by atoms with Crippen molar-refractivity contribution in [3.05, 3.63) is 124 Å². The maximum atomic E-state index is 12.6. The molecule has 0 saturated carbocycles. The first kappa shape index (κ1) is 32.2. The van der Waals surface area contributed by atoms with Gasteiger partial charge in [-0.25, -0.2) is 0 Å². The third-order valence-electron chi connectivity index (χ3n) is 8.41. The van der Waals surface area contributed by atoms with Crippen LogP contribution in [0.25, 0.3) is 0 Å². The zero-order valence-electron chi connectivity index (χ0n) is 26.0. The molecule has 0 unspecified atom stereocenters. The number of halogens is 1. The van der Waals surface area contributed by atoms with Gasteiger partial charge in [0.1, 0.15) is 12.4 Å². The van der Waals surface area contributed by atoms with Crippen molar-refractivity contribution in [2.45, 2.75) is 52.1 Å². The standard InChI is InChI=1S/C37H41ClN4O3/c1-26-23-35(45-25-28-6-5-17-39-24-28)27(2)22-34(26)29-15-20-42(21-16-29)19-4-3-18-40-36(43)30-9-13-33(14-10-30)41-37(44)31-7-11-32(38)12-8-31/h5-14,17,22-24,29H,3-4,15-16,18-21,25H2,1-2H3,(H,40,43)(H,41,44). The fourth-order valence-corrected chi connectivity index (χ4v) is 5.92. The third kappa shape index (κ3) is 9.16. The van der Waals surface area contributed by atoms with E-state index >= 15 is 0 Å². The molecule has 1 aliphatic rings. The molecule has 0 radical (unpaired) electrons. The topological polar surface area (TPSA) is 83.6 Å². The molecule has 45 heavy (non-hydrogen) atoms. The number of amides is 2. The van der Waals surface area contributed by atoms with Crippen LogP contribution in [0.2, 0.25) is 5.02 Å². The van der Waals surface area contributed by atoms with Gasteiger partial charge in [0, 0.05) is 46.3 Å². The van der Waals surface area contributed by atoms with Gasteiger partial charge < -0.3 is 20.3 Å². The molecule has 4 aromatic rings. The first-order valence-electron chi connectivity index (χ1n) is 15.7. The van der Waals surface area contributed by atoms with Crippen LogP contribution in [-0.2, 0) is 6.61 Å². The maximum absolute atomic E-state index is 12.6. The van der Waals surface area contributed by atoms with E-state index in [1.807, 2.05) is 18.3 Å². The minimum atomic E-state index is -0.226. The molecule has 2 amide bonds. The Kier molecular flexibility index (Phi) is 11.2. The van der Waals surface area contributed by atoms with Gasteiger partial charge in [-0.05, 0) is 142 Å². The third-order valence-corrected chi connectivity index (χ3v) is 8.66. The lowest BCUT2D eigenvalue weighted by atomic mass is 9.85. The highest BCUT2D eigenvalue weighted by Crippen LogP contribution is 2.34. The van der Waals surface area contributed by atoms with Gasteiger partial charge in [0.05, 0.1) is 0 Å². The number of unbranched alkanes of at least 4 members (excludes halogenated alkanes) is 1. The summed E-state index contributed by atoms with van der Waals surface area (Å²) in [5, 5.41) is 6.44. The number of benzene rings is 3. The summed E-state index contributed by atoms with van der Waals surface area (Å²) in [4.78, 5) is 31.7. The lowest BCUT2D eigenvalue weighted by Crippen LogP contribution is -2.34. The molecule has 0 aliphatic carbocycles. The van der Waals surface area contributed by atoms with Crippen LogP contribution in [0.3, 0.4) is 0 Å². The molecule has 2 heterocycles. The maximum Gasteiger partial charge on any atom is 0.255 e. The predicted octanol–water partition coefficient (Wildman–Crippen LogP) is 7.57. The van der Waals surface area contributed by atoms with Gasteiger partial charge in [-0.15, -0.1) is 0 Å². The number of rotatable bonds is 12. The normalized spacial score (nSPS) is 13.8. The molecule has 1 aromatic heterocycles. The number of anilines is 1. The minimum absolute atomic E-state index is 0.106. The largest absolute Gasteiger partial charge is 0.489 e. The lowest BCUT2D eigenvalue weighted by molar-refractivity contribution is 0.0951. The second kappa shape index (κ2) is 15.7. The molecule has 3 aromatic carbocycles. The number of nitrogens with one attached hydrogen (secondary N) is 2. The number of hydrogen-bond acceptors (Lipinski definition) is 5. The molecule has 2 N–H and O–H groups in total. The number of likely N-dealkylation sites (tertiary alicyclic amines) is 1. The highest BCUT2D eigenvalue weighted by atomic mass is 35.5. The summed E-state index contributed by atoms with van der Waals surface area (Å²) in [6.45, 7) is 8.72. The van der Waals surface area contributed by atoms with Gasteiger partial charge in [0.2, 0.25) is 0 Å². The number of hydrogen-bond donors (Lipinski definition) is 2. The van der Waals surface area contributed by atoms with E-state index in [4.69, 9.17) is 16.3 Å². The molecule has 0 atom stereocenters. The van der Waals surface area contributed by atoms with Gasteiger partial charge >= 0.3 is 0 Å². The Morgan fingerprint density at radius 1 is 0.911 bits per heavy atom. The molecule has 5 rings (SSSR count). The van der Waals surface area contributed by atoms with E-state index in [1.165, 1.54) is 16.7 Å². The first-order valence-corrected chi connectivity index (χ1v) is 16.0. The van der Waals surface area contributed by atoms with E-state index in [1.54, 1.807) is 54.7 Å². The Bertz CT molecular complexity index is 1570. The monoisotopic (exact) mass is 624 g/mol. The fourth-order valence-electron chi connectivity index (χ4n) is 5.79. The number of carbonyl (C=O) groups excluding carboxylic acids is 2. The molecule has 8 heteroatoms. The SMILES string of the molecule is Cc1cc(C2CCN(CCCCNC(=O)c3ccc(NC(=O)c4ccc(Cl)cc4)cc3)CC2)c(C)cc1OCc1cccnc1. The van der Waals surface area contributed by atoms with Crippen LogP contribution in [0.4, 0.5) is 5.69 Å². The predicted molar refractivity (Wildman–Crippen MR) is 180 cm³/mol. The van der Waals surface area contributed by atoms with Crippen LogP contribution in [0.1, 0.15) is 74.6 Å². The number of pyridine rings is 1. The zero-order chi connectivity index (χ0) is 31.6. The number of piperidine rings is 1. The minimum Gasteiger partial charge on any atom is -0.489 e. The summed E-state index contributed by atoms with van der Waals surface area (Å²) in [6, 6.07) is 22.1.